The lowest BCUT2D eigenvalue weighted by Gasteiger charge is -2.13. The van der Waals surface area contributed by atoms with Gasteiger partial charge in [0.2, 0.25) is 0 Å². The van der Waals surface area contributed by atoms with E-state index in [1.54, 1.807) is 18.2 Å². The number of amides is 1. The average molecular weight is 262 g/mol. The van der Waals surface area contributed by atoms with Crippen molar-refractivity contribution in [2.24, 2.45) is 0 Å². The van der Waals surface area contributed by atoms with E-state index in [-0.39, 0.29) is 6.61 Å². The van der Waals surface area contributed by atoms with Crippen molar-refractivity contribution in [2.45, 2.75) is 13.0 Å². The Kier molecular flexibility index (Phi) is 5.35. The Bertz CT molecular complexity index is 508. The molecule has 100 valence electrons. The predicted molar refractivity (Wildman–Crippen MR) is 66.3 cm³/mol. The van der Waals surface area contributed by atoms with Crippen LogP contribution in [0.25, 0.3) is 0 Å². The summed E-state index contributed by atoms with van der Waals surface area (Å²) in [4.78, 5) is 22.4. The van der Waals surface area contributed by atoms with Gasteiger partial charge in [-0.1, -0.05) is 6.07 Å². The molecular weight excluding hydrogens is 248 g/mol. The van der Waals surface area contributed by atoms with Crippen LogP contribution in [0.3, 0.4) is 0 Å². The molecule has 1 amide bonds. The first-order valence-corrected chi connectivity index (χ1v) is 5.61. The highest BCUT2D eigenvalue weighted by molar-refractivity contribution is 5.81. The Labute approximate surface area is 110 Å². The molecule has 1 aromatic rings. The molecule has 0 saturated heterocycles. The van der Waals surface area contributed by atoms with Crippen LogP contribution < -0.4 is 10.1 Å². The minimum Gasteiger partial charge on any atom is -0.479 e. The lowest BCUT2D eigenvalue weighted by atomic mass is 10.2. The van der Waals surface area contributed by atoms with Crippen molar-refractivity contribution in [1.82, 2.24) is 5.32 Å². The number of nitrogens with zero attached hydrogens (tertiary/aromatic N) is 1. The fourth-order valence-corrected chi connectivity index (χ4v) is 1.22. The van der Waals surface area contributed by atoms with E-state index in [1.165, 1.54) is 20.0 Å². The van der Waals surface area contributed by atoms with E-state index >= 15 is 0 Å². The summed E-state index contributed by atoms with van der Waals surface area (Å²) in [6.45, 7) is 1.16. The Morgan fingerprint density at radius 1 is 1.47 bits per heavy atom. The lowest BCUT2D eigenvalue weighted by molar-refractivity contribution is -0.154. The molecule has 1 unspecified atom stereocenters. The zero-order chi connectivity index (χ0) is 14.3. The van der Waals surface area contributed by atoms with Crippen LogP contribution in [0.2, 0.25) is 0 Å². The standard InChI is InChI=1S/C13H14N2O4/c1-9(13(17)18-8-12(16)15-2)19-11-5-3-4-10(6-11)7-14/h3-6,9H,8H2,1-2H3,(H,15,16). The van der Waals surface area contributed by atoms with Crippen LogP contribution >= 0.6 is 0 Å². The predicted octanol–water partition coefficient (Wildman–Crippen LogP) is 0.615. The van der Waals surface area contributed by atoms with Crippen LogP contribution in [0.5, 0.6) is 5.75 Å². The second-order valence-corrected chi connectivity index (χ2v) is 3.68. The number of nitriles is 1. The molecule has 6 nitrogen and oxygen atoms in total. The quantitative estimate of drug-likeness (QED) is 0.785. The molecule has 0 aliphatic heterocycles. The van der Waals surface area contributed by atoms with Gasteiger partial charge in [0, 0.05) is 7.05 Å². The minimum atomic E-state index is -0.862. The summed E-state index contributed by atoms with van der Waals surface area (Å²) >= 11 is 0. The van der Waals surface area contributed by atoms with Gasteiger partial charge >= 0.3 is 5.97 Å². The van der Waals surface area contributed by atoms with Crippen LogP contribution in [0, 0.1) is 11.3 Å². The van der Waals surface area contributed by atoms with Crippen LogP contribution in [-0.4, -0.2) is 31.6 Å². The van der Waals surface area contributed by atoms with Gasteiger partial charge < -0.3 is 14.8 Å². The summed E-state index contributed by atoms with van der Waals surface area (Å²) in [5.74, 6) is -0.651. The van der Waals surface area contributed by atoms with Gasteiger partial charge in [-0.15, -0.1) is 0 Å². The zero-order valence-electron chi connectivity index (χ0n) is 10.7. The van der Waals surface area contributed by atoms with Crippen LogP contribution in [0.1, 0.15) is 12.5 Å². The van der Waals surface area contributed by atoms with Gasteiger partial charge in [-0.3, -0.25) is 4.79 Å². The van der Waals surface area contributed by atoms with Gasteiger partial charge in [0.05, 0.1) is 11.6 Å². The molecular formula is C13H14N2O4. The number of carbonyl (C=O) groups is 2. The lowest BCUT2D eigenvalue weighted by Crippen LogP contribution is -2.31. The molecule has 0 aliphatic carbocycles. The molecule has 0 radical (unpaired) electrons. The van der Waals surface area contributed by atoms with E-state index in [2.05, 4.69) is 5.32 Å². The van der Waals surface area contributed by atoms with E-state index in [4.69, 9.17) is 14.7 Å². The third kappa shape index (κ3) is 4.68. The Morgan fingerprint density at radius 2 is 2.21 bits per heavy atom. The van der Waals surface area contributed by atoms with Crippen LogP contribution in [-0.2, 0) is 14.3 Å². The first kappa shape index (κ1) is 14.5. The SMILES string of the molecule is CNC(=O)COC(=O)C(C)Oc1cccc(C#N)c1. The second kappa shape index (κ2) is 7.01. The van der Waals surface area contributed by atoms with Crippen molar-refractivity contribution in [3.05, 3.63) is 29.8 Å². The highest BCUT2D eigenvalue weighted by Crippen LogP contribution is 2.14. The van der Waals surface area contributed by atoms with Crippen LogP contribution in [0.15, 0.2) is 24.3 Å². The summed E-state index contributed by atoms with van der Waals surface area (Å²) < 4.78 is 10.1. The van der Waals surface area contributed by atoms with E-state index in [9.17, 15) is 9.59 Å². The third-order valence-electron chi connectivity index (χ3n) is 2.23. The van der Waals surface area contributed by atoms with E-state index in [0.29, 0.717) is 11.3 Å². The number of carbonyl (C=O) groups excluding carboxylic acids is 2. The fraction of sp³-hybridized carbons (Fsp3) is 0.308. The van der Waals surface area contributed by atoms with Crippen molar-refractivity contribution >= 4 is 11.9 Å². The molecule has 1 atom stereocenters. The van der Waals surface area contributed by atoms with Gasteiger partial charge in [0.1, 0.15) is 5.75 Å². The summed E-state index contributed by atoms with van der Waals surface area (Å²) in [5, 5.41) is 11.1. The molecule has 0 aromatic heterocycles. The number of hydrogen-bond donors (Lipinski definition) is 1. The van der Waals surface area contributed by atoms with Gasteiger partial charge in [-0.2, -0.15) is 5.26 Å². The van der Waals surface area contributed by atoms with Gasteiger partial charge in [-0.25, -0.2) is 4.79 Å². The van der Waals surface area contributed by atoms with Crippen molar-refractivity contribution < 1.29 is 19.1 Å². The van der Waals surface area contributed by atoms with Crippen LogP contribution in [0.4, 0.5) is 0 Å². The van der Waals surface area contributed by atoms with Crippen molar-refractivity contribution in [3.8, 4) is 11.8 Å². The second-order valence-electron chi connectivity index (χ2n) is 3.68. The first-order chi connectivity index (χ1) is 9.06. The molecule has 0 bridgehead atoms. The molecule has 0 heterocycles. The summed E-state index contributed by atoms with van der Waals surface area (Å²) in [6.07, 6.45) is -0.862. The highest BCUT2D eigenvalue weighted by Gasteiger charge is 2.17. The summed E-state index contributed by atoms with van der Waals surface area (Å²) in [7, 11) is 1.45. The molecule has 1 rings (SSSR count). The normalized spacial score (nSPS) is 11.0. The number of benzene rings is 1. The monoisotopic (exact) mass is 262 g/mol. The van der Waals surface area contributed by atoms with E-state index in [0.717, 1.165) is 0 Å². The number of esters is 1. The first-order valence-electron chi connectivity index (χ1n) is 5.61. The Morgan fingerprint density at radius 3 is 2.84 bits per heavy atom. The number of likely N-dealkylation sites (N-methyl/N-ethyl adjacent to an activating group) is 1. The maximum atomic E-state index is 11.5. The molecule has 19 heavy (non-hydrogen) atoms. The molecule has 0 saturated carbocycles. The number of rotatable bonds is 5. The minimum absolute atomic E-state index is 0.346. The number of ether oxygens (including phenoxy) is 2. The fourth-order valence-electron chi connectivity index (χ4n) is 1.22. The van der Waals surface area contributed by atoms with Gasteiger partial charge in [0.25, 0.3) is 5.91 Å². The third-order valence-corrected chi connectivity index (χ3v) is 2.23. The smallest absolute Gasteiger partial charge is 0.347 e. The van der Waals surface area contributed by atoms with E-state index < -0.39 is 18.0 Å². The average Bonchev–Trinajstić information content (AvgIpc) is 2.44. The van der Waals surface area contributed by atoms with Gasteiger partial charge in [-0.05, 0) is 25.1 Å². The Hall–Kier alpha value is -2.55. The molecule has 0 spiro atoms. The van der Waals surface area contributed by atoms with Crippen molar-refractivity contribution in [1.29, 1.82) is 5.26 Å². The summed E-state index contributed by atoms with van der Waals surface area (Å²) in [5.41, 5.74) is 0.434. The molecule has 0 fully saturated rings. The molecule has 0 aliphatic rings. The zero-order valence-corrected chi connectivity index (χ0v) is 10.7. The van der Waals surface area contributed by atoms with E-state index in [1.807, 2.05) is 6.07 Å². The van der Waals surface area contributed by atoms with Crippen molar-refractivity contribution in [3.63, 3.8) is 0 Å². The maximum Gasteiger partial charge on any atom is 0.347 e. The summed E-state index contributed by atoms with van der Waals surface area (Å²) in [6, 6.07) is 8.39. The largest absolute Gasteiger partial charge is 0.479 e. The Balaban J connectivity index is 2.54. The topological polar surface area (TPSA) is 88.4 Å². The molecule has 6 heteroatoms. The molecule has 1 N–H and O–H groups in total. The number of nitrogens with one attached hydrogen (secondary N) is 1. The highest BCUT2D eigenvalue weighted by atomic mass is 16.6. The number of hydrogen-bond acceptors (Lipinski definition) is 5. The van der Waals surface area contributed by atoms with Gasteiger partial charge in [0.15, 0.2) is 12.7 Å². The molecule has 1 aromatic carbocycles. The maximum absolute atomic E-state index is 11.5. The van der Waals surface area contributed by atoms with Crippen molar-refractivity contribution in [2.75, 3.05) is 13.7 Å².